The number of nitrogens with one attached hydrogen (secondary N) is 2. The van der Waals surface area contributed by atoms with E-state index in [0.29, 0.717) is 0 Å². The smallest absolute Gasteiger partial charge is 0.243 e. The summed E-state index contributed by atoms with van der Waals surface area (Å²) in [6.07, 6.45) is 0. The summed E-state index contributed by atoms with van der Waals surface area (Å²) in [5.41, 5.74) is 4.06. The van der Waals surface area contributed by atoms with Crippen molar-refractivity contribution in [2.45, 2.75) is 13.8 Å². The molecule has 0 radical (unpaired) electrons. The molecule has 1 aliphatic heterocycles. The maximum Gasteiger partial charge on any atom is 0.243 e. The Morgan fingerprint density at radius 1 is 1.04 bits per heavy atom. The van der Waals surface area contributed by atoms with Crippen LogP contribution in [0.3, 0.4) is 0 Å². The van der Waals surface area contributed by atoms with E-state index in [9.17, 15) is 4.79 Å². The number of hydrogen-bond donors (Lipinski definition) is 2. The molecular formula is C22H30N4O2. The van der Waals surface area contributed by atoms with Crippen LogP contribution in [0.2, 0.25) is 0 Å². The molecule has 0 aliphatic carbocycles. The van der Waals surface area contributed by atoms with Crippen molar-refractivity contribution in [2.75, 3.05) is 66.4 Å². The minimum Gasteiger partial charge on any atom is -0.378 e. The molecule has 0 unspecified atom stereocenters. The number of ether oxygens (including phenoxy) is 1. The number of anilines is 4. The van der Waals surface area contributed by atoms with Gasteiger partial charge in [0.1, 0.15) is 0 Å². The van der Waals surface area contributed by atoms with Crippen molar-refractivity contribution in [3.8, 4) is 0 Å². The van der Waals surface area contributed by atoms with Crippen LogP contribution in [-0.2, 0) is 9.53 Å². The van der Waals surface area contributed by atoms with Gasteiger partial charge < -0.3 is 25.2 Å². The molecule has 1 amide bonds. The second-order valence-electron chi connectivity index (χ2n) is 6.74. The predicted octanol–water partition coefficient (Wildman–Crippen LogP) is 3.42. The molecular weight excluding hydrogens is 352 g/mol. The van der Waals surface area contributed by atoms with E-state index in [4.69, 9.17) is 4.74 Å². The zero-order valence-electron chi connectivity index (χ0n) is 16.8. The van der Waals surface area contributed by atoms with E-state index in [1.165, 1.54) is 5.69 Å². The van der Waals surface area contributed by atoms with Gasteiger partial charge in [0.25, 0.3) is 0 Å². The Labute approximate surface area is 167 Å². The van der Waals surface area contributed by atoms with Crippen molar-refractivity contribution in [1.29, 1.82) is 0 Å². The molecule has 6 heteroatoms. The van der Waals surface area contributed by atoms with Gasteiger partial charge in [-0.1, -0.05) is 12.1 Å². The highest BCUT2D eigenvalue weighted by Gasteiger charge is 2.14. The van der Waals surface area contributed by atoms with Crippen molar-refractivity contribution >= 4 is 28.7 Å². The fraction of sp³-hybridized carbons (Fsp3) is 0.409. The van der Waals surface area contributed by atoms with Gasteiger partial charge in [0.15, 0.2) is 0 Å². The predicted molar refractivity (Wildman–Crippen MR) is 117 cm³/mol. The standard InChI is InChI=1S/C22H30N4O2/c1-3-25(4-2)19-11-9-18(10-12-19)24-22(27)17-23-20-7-5-6-8-21(20)26-13-15-28-16-14-26/h5-12,23H,3-4,13-17H2,1-2H3,(H,24,27). The SMILES string of the molecule is CCN(CC)c1ccc(NC(=O)CNc2ccccc2N2CCOCC2)cc1. The lowest BCUT2D eigenvalue weighted by Crippen LogP contribution is -2.36. The number of carbonyl (C=O) groups is 1. The highest BCUT2D eigenvalue weighted by Crippen LogP contribution is 2.26. The van der Waals surface area contributed by atoms with Gasteiger partial charge in [-0.2, -0.15) is 0 Å². The minimum absolute atomic E-state index is 0.0626. The van der Waals surface area contributed by atoms with Crippen LogP contribution >= 0.6 is 0 Å². The van der Waals surface area contributed by atoms with Crippen molar-refractivity contribution in [3.63, 3.8) is 0 Å². The molecule has 6 nitrogen and oxygen atoms in total. The molecule has 1 fully saturated rings. The van der Waals surface area contributed by atoms with Crippen LogP contribution in [-0.4, -0.2) is 51.8 Å². The normalized spacial score (nSPS) is 13.9. The summed E-state index contributed by atoms with van der Waals surface area (Å²) in [5, 5.41) is 6.24. The van der Waals surface area contributed by atoms with E-state index in [1.807, 2.05) is 42.5 Å². The lowest BCUT2D eigenvalue weighted by atomic mass is 10.2. The molecule has 0 atom stereocenters. The largest absolute Gasteiger partial charge is 0.378 e. The Hall–Kier alpha value is -2.73. The lowest BCUT2D eigenvalue weighted by Gasteiger charge is -2.30. The van der Waals surface area contributed by atoms with Crippen molar-refractivity contribution in [3.05, 3.63) is 48.5 Å². The summed E-state index contributed by atoms with van der Waals surface area (Å²) in [7, 11) is 0. The van der Waals surface area contributed by atoms with Gasteiger partial charge in [-0.3, -0.25) is 4.79 Å². The summed E-state index contributed by atoms with van der Waals surface area (Å²) >= 11 is 0. The molecule has 150 valence electrons. The number of para-hydroxylation sites is 2. The van der Waals surface area contributed by atoms with Gasteiger partial charge >= 0.3 is 0 Å². The van der Waals surface area contributed by atoms with Crippen molar-refractivity contribution in [2.24, 2.45) is 0 Å². The zero-order valence-corrected chi connectivity index (χ0v) is 16.8. The first-order valence-corrected chi connectivity index (χ1v) is 10.0. The van der Waals surface area contributed by atoms with Crippen LogP contribution in [0.5, 0.6) is 0 Å². The van der Waals surface area contributed by atoms with Gasteiger partial charge in [-0.25, -0.2) is 0 Å². The number of carbonyl (C=O) groups excluding carboxylic acids is 1. The average molecular weight is 383 g/mol. The monoisotopic (exact) mass is 382 g/mol. The Morgan fingerprint density at radius 2 is 1.71 bits per heavy atom. The number of amides is 1. The van der Waals surface area contributed by atoms with Gasteiger partial charge in [0.05, 0.1) is 31.1 Å². The van der Waals surface area contributed by atoms with Gasteiger partial charge in [0, 0.05) is 37.6 Å². The molecule has 1 aliphatic rings. The molecule has 0 aromatic heterocycles. The first-order chi connectivity index (χ1) is 13.7. The van der Waals surface area contributed by atoms with Crippen LogP contribution < -0.4 is 20.4 Å². The van der Waals surface area contributed by atoms with E-state index in [2.05, 4.69) is 40.3 Å². The minimum atomic E-state index is -0.0626. The molecule has 0 bridgehead atoms. The van der Waals surface area contributed by atoms with E-state index in [1.54, 1.807) is 0 Å². The third-order valence-electron chi connectivity index (χ3n) is 4.97. The number of rotatable bonds is 8. The second-order valence-corrected chi connectivity index (χ2v) is 6.74. The van der Waals surface area contributed by atoms with E-state index >= 15 is 0 Å². The van der Waals surface area contributed by atoms with Crippen LogP contribution in [0, 0.1) is 0 Å². The third kappa shape index (κ3) is 5.16. The number of benzene rings is 2. The third-order valence-corrected chi connectivity index (χ3v) is 4.97. The molecule has 0 spiro atoms. The number of morpholine rings is 1. The van der Waals surface area contributed by atoms with E-state index in [0.717, 1.165) is 56.5 Å². The van der Waals surface area contributed by atoms with Crippen molar-refractivity contribution in [1.82, 2.24) is 0 Å². The summed E-state index contributed by atoms with van der Waals surface area (Å²) < 4.78 is 5.43. The summed E-state index contributed by atoms with van der Waals surface area (Å²) in [6.45, 7) is 9.63. The molecule has 0 saturated carbocycles. The first kappa shape index (κ1) is 20.0. The molecule has 2 aromatic carbocycles. The topological polar surface area (TPSA) is 56.8 Å². The first-order valence-electron chi connectivity index (χ1n) is 10.0. The summed E-state index contributed by atoms with van der Waals surface area (Å²) in [4.78, 5) is 16.9. The molecule has 1 heterocycles. The van der Waals surface area contributed by atoms with Crippen molar-refractivity contribution < 1.29 is 9.53 Å². The molecule has 3 rings (SSSR count). The average Bonchev–Trinajstić information content (AvgIpc) is 2.75. The fourth-order valence-corrected chi connectivity index (χ4v) is 3.43. The number of nitrogens with zero attached hydrogens (tertiary/aromatic N) is 2. The Morgan fingerprint density at radius 3 is 2.39 bits per heavy atom. The Bertz CT molecular complexity index is 753. The van der Waals surface area contributed by atoms with Crippen LogP contribution in [0.15, 0.2) is 48.5 Å². The van der Waals surface area contributed by atoms with Gasteiger partial charge in [-0.05, 0) is 50.2 Å². The fourth-order valence-electron chi connectivity index (χ4n) is 3.43. The van der Waals surface area contributed by atoms with Gasteiger partial charge in [0.2, 0.25) is 5.91 Å². The van der Waals surface area contributed by atoms with E-state index in [-0.39, 0.29) is 12.5 Å². The molecule has 2 N–H and O–H groups in total. The molecule has 28 heavy (non-hydrogen) atoms. The molecule has 2 aromatic rings. The maximum atomic E-state index is 12.4. The van der Waals surface area contributed by atoms with E-state index < -0.39 is 0 Å². The van der Waals surface area contributed by atoms with Crippen LogP contribution in [0.4, 0.5) is 22.7 Å². The quantitative estimate of drug-likeness (QED) is 0.733. The highest BCUT2D eigenvalue weighted by atomic mass is 16.5. The maximum absolute atomic E-state index is 12.4. The van der Waals surface area contributed by atoms with Crippen LogP contribution in [0.1, 0.15) is 13.8 Å². The zero-order chi connectivity index (χ0) is 19.8. The highest BCUT2D eigenvalue weighted by molar-refractivity contribution is 5.94. The summed E-state index contributed by atoms with van der Waals surface area (Å²) in [6, 6.07) is 16.1. The Kier molecular flexibility index (Phi) is 7.14. The van der Waals surface area contributed by atoms with Gasteiger partial charge in [-0.15, -0.1) is 0 Å². The number of hydrogen-bond acceptors (Lipinski definition) is 5. The summed E-state index contributed by atoms with van der Waals surface area (Å²) in [5.74, 6) is -0.0626. The molecule has 1 saturated heterocycles. The lowest BCUT2D eigenvalue weighted by molar-refractivity contribution is -0.114. The second kappa shape index (κ2) is 9.99. The Balaban J connectivity index is 1.56. The van der Waals surface area contributed by atoms with Crippen LogP contribution in [0.25, 0.3) is 0 Å².